The second kappa shape index (κ2) is 6.40. The Hall–Kier alpha value is -2.83. The molecule has 0 aromatic carbocycles. The first-order chi connectivity index (χ1) is 13.2. The highest BCUT2D eigenvalue weighted by atomic mass is 16.1. The highest BCUT2D eigenvalue weighted by Gasteiger charge is 2.30. The maximum absolute atomic E-state index is 12.4. The Morgan fingerprint density at radius 2 is 2.04 bits per heavy atom. The van der Waals surface area contributed by atoms with Crippen LogP contribution in [0.2, 0.25) is 0 Å². The molecule has 1 saturated carbocycles. The Labute approximate surface area is 157 Å². The van der Waals surface area contributed by atoms with Gasteiger partial charge in [-0.2, -0.15) is 5.10 Å². The summed E-state index contributed by atoms with van der Waals surface area (Å²) in [7, 11) is 0. The van der Waals surface area contributed by atoms with Gasteiger partial charge in [-0.3, -0.25) is 4.79 Å². The van der Waals surface area contributed by atoms with Crippen LogP contribution >= 0.6 is 0 Å². The van der Waals surface area contributed by atoms with E-state index in [1.165, 1.54) is 12.8 Å². The van der Waals surface area contributed by atoms with Gasteiger partial charge >= 0.3 is 0 Å². The third-order valence-corrected chi connectivity index (χ3v) is 5.48. The van der Waals surface area contributed by atoms with Crippen LogP contribution < -0.4 is 10.5 Å². The molecule has 7 nitrogen and oxygen atoms in total. The van der Waals surface area contributed by atoms with E-state index in [2.05, 4.69) is 20.0 Å². The lowest BCUT2D eigenvalue weighted by atomic mass is 10.2. The lowest BCUT2D eigenvalue weighted by Crippen LogP contribution is -2.38. The van der Waals surface area contributed by atoms with Crippen molar-refractivity contribution in [1.82, 2.24) is 24.7 Å². The molecule has 4 heterocycles. The van der Waals surface area contributed by atoms with Gasteiger partial charge in [0.15, 0.2) is 5.65 Å². The van der Waals surface area contributed by atoms with Crippen molar-refractivity contribution in [2.24, 2.45) is 0 Å². The van der Waals surface area contributed by atoms with Gasteiger partial charge < -0.3 is 4.90 Å². The molecule has 3 aromatic rings. The van der Waals surface area contributed by atoms with E-state index in [0.29, 0.717) is 18.3 Å². The Bertz CT molecular complexity index is 1060. The standard InChI is InChI=1S/C20H22N6O/c1-13-22-19-16(5-2-10-21-19)20(23-13)25-11-3-4-15(25)12-26-18(27)9-8-17(24-26)14-6-7-14/h2,5,8-10,14-15H,3-4,6-7,11-12H2,1H3. The van der Waals surface area contributed by atoms with Crippen LogP contribution in [-0.4, -0.2) is 37.3 Å². The molecule has 2 aliphatic rings. The molecule has 0 amide bonds. The molecule has 0 spiro atoms. The summed E-state index contributed by atoms with van der Waals surface area (Å²) in [4.78, 5) is 28.2. The van der Waals surface area contributed by atoms with Gasteiger partial charge in [-0.05, 0) is 50.8 Å². The first-order valence-corrected chi connectivity index (χ1v) is 9.63. The maximum atomic E-state index is 12.4. The number of anilines is 1. The number of pyridine rings is 1. The molecular formula is C20H22N6O. The van der Waals surface area contributed by atoms with Crippen LogP contribution in [0.1, 0.15) is 43.1 Å². The van der Waals surface area contributed by atoms with Crippen molar-refractivity contribution in [2.45, 2.75) is 51.1 Å². The van der Waals surface area contributed by atoms with E-state index in [1.54, 1.807) is 16.9 Å². The predicted octanol–water partition coefficient (Wildman–Crippen LogP) is 2.44. The van der Waals surface area contributed by atoms with Gasteiger partial charge in [0.2, 0.25) is 0 Å². The average molecular weight is 362 g/mol. The van der Waals surface area contributed by atoms with Crippen LogP contribution in [0.15, 0.2) is 35.3 Å². The van der Waals surface area contributed by atoms with Crippen molar-refractivity contribution in [3.63, 3.8) is 0 Å². The van der Waals surface area contributed by atoms with Gasteiger partial charge in [0, 0.05) is 24.7 Å². The fraction of sp³-hybridized carbons (Fsp3) is 0.450. The monoisotopic (exact) mass is 362 g/mol. The zero-order valence-corrected chi connectivity index (χ0v) is 15.4. The summed E-state index contributed by atoms with van der Waals surface area (Å²) in [5.74, 6) is 2.17. The van der Waals surface area contributed by atoms with Crippen LogP contribution in [0.25, 0.3) is 11.0 Å². The molecule has 2 fully saturated rings. The van der Waals surface area contributed by atoms with Crippen LogP contribution in [0.5, 0.6) is 0 Å². The normalized spacial score (nSPS) is 19.7. The topological polar surface area (TPSA) is 76.8 Å². The Kier molecular flexibility index (Phi) is 3.88. The van der Waals surface area contributed by atoms with E-state index in [0.717, 1.165) is 41.9 Å². The molecule has 3 aromatic heterocycles. The van der Waals surface area contributed by atoms with Gasteiger partial charge in [-0.15, -0.1) is 0 Å². The molecule has 0 N–H and O–H groups in total. The number of aryl methyl sites for hydroxylation is 1. The summed E-state index contributed by atoms with van der Waals surface area (Å²) in [5.41, 5.74) is 1.74. The van der Waals surface area contributed by atoms with Crippen molar-refractivity contribution >= 4 is 16.9 Å². The van der Waals surface area contributed by atoms with Gasteiger partial charge in [0.25, 0.3) is 5.56 Å². The molecule has 1 atom stereocenters. The van der Waals surface area contributed by atoms with Crippen LogP contribution in [0, 0.1) is 6.92 Å². The molecule has 1 unspecified atom stereocenters. The summed E-state index contributed by atoms with van der Waals surface area (Å²) in [6.45, 7) is 3.40. The van der Waals surface area contributed by atoms with E-state index >= 15 is 0 Å². The van der Waals surface area contributed by atoms with Gasteiger partial charge in [0.05, 0.1) is 23.7 Å². The molecule has 0 radical (unpaired) electrons. The summed E-state index contributed by atoms with van der Waals surface area (Å²) in [6, 6.07) is 7.68. The number of nitrogens with zero attached hydrogens (tertiary/aromatic N) is 6. The van der Waals surface area contributed by atoms with Gasteiger partial charge in [-0.25, -0.2) is 19.6 Å². The van der Waals surface area contributed by atoms with E-state index in [4.69, 9.17) is 4.98 Å². The number of rotatable bonds is 4. The quantitative estimate of drug-likeness (QED) is 0.709. The lowest BCUT2D eigenvalue weighted by Gasteiger charge is -2.27. The largest absolute Gasteiger partial charge is 0.351 e. The minimum Gasteiger partial charge on any atom is -0.351 e. The van der Waals surface area contributed by atoms with Gasteiger partial charge in [-0.1, -0.05) is 0 Å². The Balaban J connectivity index is 1.50. The molecule has 27 heavy (non-hydrogen) atoms. The fourth-order valence-corrected chi connectivity index (χ4v) is 3.97. The highest BCUT2D eigenvalue weighted by molar-refractivity contribution is 5.87. The maximum Gasteiger partial charge on any atom is 0.266 e. The summed E-state index contributed by atoms with van der Waals surface area (Å²) < 4.78 is 1.64. The fourth-order valence-electron chi connectivity index (χ4n) is 3.97. The first-order valence-electron chi connectivity index (χ1n) is 9.63. The average Bonchev–Trinajstić information content (AvgIpc) is 3.42. The van der Waals surface area contributed by atoms with E-state index in [1.807, 2.05) is 25.1 Å². The molecule has 138 valence electrons. The number of aromatic nitrogens is 5. The second-order valence-electron chi connectivity index (χ2n) is 7.51. The second-order valence-corrected chi connectivity index (χ2v) is 7.51. The van der Waals surface area contributed by atoms with Crippen LogP contribution in [0.3, 0.4) is 0 Å². The Morgan fingerprint density at radius 3 is 2.89 bits per heavy atom. The van der Waals surface area contributed by atoms with E-state index in [-0.39, 0.29) is 11.6 Å². The minimum absolute atomic E-state index is 0.0309. The lowest BCUT2D eigenvalue weighted by molar-refractivity contribution is 0.481. The minimum atomic E-state index is -0.0309. The summed E-state index contributed by atoms with van der Waals surface area (Å²) in [5, 5.41) is 5.60. The number of hydrogen-bond donors (Lipinski definition) is 0. The summed E-state index contributed by atoms with van der Waals surface area (Å²) >= 11 is 0. The van der Waals surface area contributed by atoms with Crippen LogP contribution in [0.4, 0.5) is 5.82 Å². The highest BCUT2D eigenvalue weighted by Crippen LogP contribution is 2.38. The van der Waals surface area contributed by atoms with Crippen molar-refractivity contribution in [3.8, 4) is 0 Å². The van der Waals surface area contributed by atoms with Crippen molar-refractivity contribution < 1.29 is 0 Å². The number of fused-ring (bicyclic) bond motifs is 1. The molecule has 1 aliphatic carbocycles. The zero-order chi connectivity index (χ0) is 18.4. The molecule has 7 heteroatoms. The Morgan fingerprint density at radius 1 is 1.15 bits per heavy atom. The molecular weight excluding hydrogens is 340 g/mol. The smallest absolute Gasteiger partial charge is 0.266 e. The van der Waals surface area contributed by atoms with Crippen molar-refractivity contribution in [1.29, 1.82) is 0 Å². The summed E-state index contributed by atoms with van der Waals surface area (Å²) in [6.07, 6.45) is 6.21. The number of hydrogen-bond acceptors (Lipinski definition) is 6. The van der Waals surface area contributed by atoms with Crippen molar-refractivity contribution in [3.05, 3.63) is 52.3 Å². The van der Waals surface area contributed by atoms with Crippen molar-refractivity contribution in [2.75, 3.05) is 11.4 Å². The molecule has 1 saturated heterocycles. The van der Waals surface area contributed by atoms with Crippen LogP contribution in [-0.2, 0) is 6.54 Å². The zero-order valence-electron chi connectivity index (χ0n) is 15.4. The van der Waals surface area contributed by atoms with E-state index < -0.39 is 0 Å². The third-order valence-electron chi connectivity index (χ3n) is 5.48. The molecule has 1 aliphatic heterocycles. The third kappa shape index (κ3) is 3.07. The predicted molar refractivity (Wildman–Crippen MR) is 103 cm³/mol. The first kappa shape index (κ1) is 16.4. The molecule has 0 bridgehead atoms. The SMILES string of the molecule is Cc1nc(N2CCCC2Cn2nc(C3CC3)ccc2=O)c2cccnc2n1. The molecule has 5 rings (SSSR count). The van der Waals surface area contributed by atoms with E-state index in [9.17, 15) is 4.79 Å². The van der Waals surface area contributed by atoms with Gasteiger partial charge in [0.1, 0.15) is 11.6 Å².